The summed E-state index contributed by atoms with van der Waals surface area (Å²) in [4.78, 5) is 22.3. The summed E-state index contributed by atoms with van der Waals surface area (Å²) in [5, 5.41) is 1.91. The van der Waals surface area contributed by atoms with Gasteiger partial charge in [0.2, 0.25) is 0 Å². The number of esters is 1. The van der Waals surface area contributed by atoms with E-state index in [1.165, 1.54) is 0 Å². The zero-order chi connectivity index (χ0) is 18.5. The molecule has 134 valence electrons. The lowest BCUT2D eigenvalue weighted by atomic mass is 9.83. The van der Waals surface area contributed by atoms with Gasteiger partial charge in [0, 0.05) is 22.3 Å². The second-order valence-corrected chi connectivity index (χ2v) is 7.70. The van der Waals surface area contributed by atoms with Crippen LogP contribution in [-0.2, 0) is 4.79 Å². The van der Waals surface area contributed by atoms with Crippen molar-refractivity contribution < 1.29 is 9.53 Å². The summed E-state index contributed by atoms with van der Waals surface area (Å²) >= 11 is 0. The molecule has 1 aliphatic heterocycles. The second kappa shape index (κ2) is 6.02. The Hall–Kier alpha value is -3.01. The predicted octanol–water partition coefficient (Wildman–Crippen LogP) is 5.38. The molecule has 0 saturated heterocycles. The van der Waals surface area contributed by atoms with E-state index in [0.29, 0.717) is 18.1 Å². The van der Waals surface area contributed by atoms with Crippen LogP contribution in [0, 0.1) is 5.92 Å². The number of aromatic nitrogens is 2. The summed E-state index contributed by atoms with van der Waals surface area (Å²) < 4.78 is 5.77. The van der Waals surface area contributed by atoms with E-state index >= 15 is 0 Å². The molecule has 0 unspecified atom stereocenters. The van der Waals surface area contributed by atoms with Gasteiger partial charge in [-0.25, -0.2) is 9.97 Å². The van der Waals surface area contributed by atoms with Gasteiger partial charge in [-0.3, -0.25) is 4.79 Å². The molecule has 0 spiro atoms. The number of hydrogen-bond donors (Lipinski definition) is 0. The molecule has 1 aliphatic rings. The number of carbonyl (C=O) groups is 1. The normalized spacial score (nSPS) is 16.9. The first kappa shape index (κ1) is 16.2. The van der Waals surface area contributed by atoms with Crippen LogP contribution < -0.4 is 4.74 Å². The minimum absolute atomic E-state index is 0.101. The lowest BCUT2D eigenvalue weighted by Crippen LogP contribution is -2.22. The first-order chi connectivity index (χ1) is 13.1. The van der Waals surface area contributed by atoms with Crippen LogP contribution in [0.1, 0.15) is 38.2 Å². The van der Waals surface area contributed by atoms with Gasteiger partial charge in [0.05, 0.1) is 28.5 Å². The Balaban J connectivity index is 1.96. The number of benzene rings is 3. The number of para-hydroxylation sites is 2. The van der Waals surface area contributed by atoms with Gasteiger partial charge in [0.15, 0.2) is 0 Å². The van der Waals surface area contributed by atoms with E-state index in [0.717, 1.165) is 44.8 Å². The molecular weight excluding hydrogens is 336 g/mol. The third-order valence-corrected chi connectivity index (χ3v) is 5.29. The minimum atomic E-state index is -0.161. The van der Waals surface area contributed by atoms with E-state index in [1.807, 2.05) is 48.5 Å². The molecule has 1 aromatic heterocycles. The molecule has 0 N–H and O–H groups in total. The topological polar surface area (TPSA) is 52.1 Å². The van der Waals surface area contributed by atoms with Crippen molar-refractivity contribution in [3.63, 3.8) is 0 Å². The van der Waals surface area contributed by atoms with Crippen molar-refractivity contribution in [3.8, 4) is 5.75 Å². The molecule has 4 aromatic rings. The van der Waals surface area contributed by atoms with Gasteiger partial charge < -0.3 is 4.74 Å². The molecule has 3 aromatic carbocycles. The molecule has 0 saturated carbocycles. The highest BCUT2D eigenvalue weighted by Crippen LogP contribution is 2.46. The van der Waals surface area contributed by atoms with Crippen LogP contribution in [0.3, 0.4) is 0 Å². The first-order valence-corrected chi connectivity index (χ1v) is 9.43. The van der Waals surface area contributed by atoms with Crippen LogP contribution in [-0.4, -0.2) is 15.9 Å². The first-order valence-electron chi connectivity index (χ1n) is 9.43. The van der Waals surface area contributed by atoms with Crippen LogP contribution in [0.5, 0.6) is 5.75 Å². The minimum Gasteiger partial charge on any atom is -0.425 e. The van der Waals surface area contributed by atoms with Crippen molar-refractivity contribution in [2.75, 3.05) is 0 Å². The van der Waals surface area contributed by atoms with Crippen molar-refractivity contribution in [1.82, 2.24) is 9.97 Å². The highest BCUT2D eigenvalue weighted by Gasteiger charge is 2.32. The van der Waals surface area contributed by atoms with Crippen molar-refractivity contribution in [3.05, 3.63) is 54.1 Å². The van der Waals surface area contributed by atoms with Crippen LogP contribution >= 0.6 is 0 Å². The molecule has 1 atom stereocenters. The average molecular weight is 356 g/mol. The monoisotopic (exact) mass is 356 g/mol. The summed E-state index contributed by atoms with van der Waals surface area (Å²) in [5.41, 5.74) is 4.52. The highest BCUT2D eigenvalue weighted by molar-refractivity contribution is 6.12. The maximum absolute atomic E-state index is 12.4. The van der Waals surface area contributed by atoms with Gasteiger partial charge in [0.1, 0.15) is 5.75 Å². The Morgan fingerprint density at radius 3 is 2.30 bits per heavy atom. The molecule has 2 heterocycles. The summed E-state index contributed by atoms with van der Waals surface area (Å²) in [6.07, 6.45) is 1.32. The molecule has 0 radical (unpaired) electrons. The van der Waals surface area contributed by atoms with E-state index in [-0.39, 0.29) is 11.9 Å². The maximum atomic E-state index is 12.4. The molecule has 4 heteroatoms. The van der Waals surface area contributed by atoms with Gasteiger partial charge in [-0.2, -0.15) is 0 Å². The van der Waals surface area contributed by atoms with Crippen LogP contribution in [0.15, 0.2) is 48.5 Å². The number of hydrogen-bond acceptors (Lipinski definition) is 4. The summed E-state index contributed by atoms with van der Waals surface area (Å²) in [7, 11) is 0. The highest BCUT2D eigenvalue weighted by atomic mass is 16.5. The van der Waals surface area contributed by atoms with Gasteiger partial charge in [-0.1, -0.05) is 50.2 Å². The summed E-state index contributed by atoms with van der Waals surface area (Å²) in [6, 6.07) is 15.9. The van der Waals surface area contributed by atoms with Crippen molar-refractivity contribution in [2.45, 2.75) is 32.6 Å². The quantitative estimate of drug-likeness (QED) is 0.210. The van der Waals surface area contributed by atoms with Crippen LogP contribution in [0.2, 0.25) is 0 Å². The third-order valence-electron chi connectivity index (χ3n) is 5.29. The molecule has 0 amide bonds. The lowest BCUT2D eigenvalue weighted by molar-refractivity contribution is -0.135. The predicted molar refractivity (Wildman–Crippen MR) is 107 cm³/mol. The number of ether oxygens (including phenoxy) is 1. The zero-order valence-corrected chi connectivity index (χ0v) is 15.4. The smallest absolute Gasteiger partial charge is 0.311 e. The van der Waals surface area contributed by atoms with Gasteiger partial charge in [0.25, 0.3) is 0 Å². The van der Waals surface area contributed by atoms with E-state index in [4.69, 9.17) is 14.7 Å². The fourth-order valence-electron chi connectivity index (χ4n) is 4.23. The fourth-order valence-corrected chi connectivity index (χ4v) is 4.23. The van der Waals surface area contributed by atoms with E-state index in [2.05, 4.69) is 13.8 Å². The molecular formula is C23H20N2O2. The van der Waals surface area contributed by atoms with Crippen LogP contribution in [0.25, 0.3) is 32.8 Å². The van der Waals surface area contributed by atoms with E-state index in [9.17, 15) is 4.79 Å². The Labute approximate surface area is 157 Å². The standard InChI is InChI=1S/C23H20N2O2/c1-13(2)11-14-12-19(26)27-23-16-8-4-3-7-15(16)21-22(20(14)23)25-18-10-6-5-9-17(18)24-21/h3-10,13-14H,11-12H2,1-2H3/t14-/m0/s1. The third kappa shape index (κ3) is 2.55. The zero-order valence-electron chi connectivity index (χ0n) is 15.4. The summed E-state index contributed by atoms with van der Waals surface area (Å²) in [5.74, 6) is 1.09. The van der Waals surface area contributed by atoms with Crippen LogP contribution in [0.4, 0.5) is 0 Å². The second-order valence-electron chi connectivity index (χ2n) is 7.70. The Morgan fingerprint density at radius 1 is 0.963 bits per heavy atom. The van der Waals surface area contributed by atoms with E-state index < -0.39 is 0 Å². The number of rotatable bonds is 2. The average Bonchev–Trinajstić information content (AvgIpc) is 2.66. The number of fused-ring (bicyclic) bond motifs is 7. The van der Waals surface area contributed by atoms with Gasteiger partial charge in [-0.15, -0.1) is 0 Å². The summed E-state index contributed by atoms with van der Waals surface area (Å²) in [6.45, 7) is 4.37. The molecule has 5 rings (SSSR count). The number of nitrogens with zero attached hydrogens (tertiary/aromatic N) is 2. The maximum Gasteiger partial charge on any atom is 0.311 e. The molecule has 0 aliphatic carbocycles. The van der Waals surface area contributed by atoms with Crippen molar-refractivity contribution in [1.29, 1.82) is 0 Å². The van der Waals surface area contributed by atoms with Gasteiger partial charge >= 0.3 is 5.97 Å². The Kier molecular flexibility index (Phi) is 3.61. The van der Waals surface area contributed by atoms with E-state index in [1.54, 1.807) is 0 Å². The molecule has 27 heavy (non-hydrogen) atoms. The molecule has 0 bridgehead atoms. The fraction of sp³-hybridized carbons (Fsp3) is 0.261. The largest absolute Gasteiger partial charge is 0.425 e. The lowest BCUT2D eigenvalue weighted by Gasteiger charge is -2.28. The Bertz CT molecular complexity index is 1210. The van der Waals surface area contributed by atoms with Crippen molar-refractivity contribution in [2.24, 2.45) is 5.92 Å². The molecule has 0 fully saturated rings. The molecule has 4 nitrogen and oxygen atoms in total. The van der Waals surface area contributed by atoms with Crippen molar-refractivity contribution >= 4 is 38.8 Å². The Morgan fingerprint density at radius 2 is 1.59 bits per heavy atom. The SMILES string of the molecule is CC(C)C[C@H]1CC(=O)Oc2c1c1nc3ccccc3nc1c1ccccc21. The number of carbonyl (C=O) groups excluding carboxylic acids is 1. The van der Waals surface area contributed by atoms with Gasteiger partial charge in [-0.05, 0) is 24.5 Å².